The molecular formula is C29H29F3N2O3. The Bertz CT molecular complexity index is 1300. The summed E-state index contributed by atoms with van der Waals surface area (Å²) < 4.78 is 39.6. The fourth-order valence-electron chi connectivity index (χ4n) is 3.89. The van der Waals surface area contributed by atoms with E-state index in [1.54, 1.807) is 7.11 Å². The summed E-state index contributed by atoms with van der Waals surface area (Å²) in [5.74, 6) is -1.89. The first-order chi connectivity index (χ1) is 17.7. The molecule has 4 rings (SSSR count). The van der Waals surface area contributed by atoms with Crippen LogP contribution < -0.4 is 4.74 Å². The average Bonchev–Trinajstić information content (AvgIpc) is 3.29. The quantitative estimate of drug-likeness (QED) is 0.271. The molecule has 0 atom stereocenters. The number of alkyl halides is 3. The molecule has 0 saturated carbocycles. The molecular weight excluding hydrogens is 481 g/mol. The highest BCUT2D eigenvalue weighted by molar-refractivity contribution is 5.73. The molecule has 194 valence electrons. The van der Waals surface area contributed by atoms with E-state index in [9.17, 15) is 13.2 Å². The summed E-state index contributed by atoms with van der Waals surface area (Å²) in [7, 11) is 1.72. The fourth-order valence-corrected chi connectivity index (χ4v) is 3.89. The van der Waals surface area contributed by atoms with Crippen LogP contribution in [0, 0.1) is 0 Å². The van der Waals surface area contributed by atoms with Crippen LogP contribution >= 0.6 is 0 Å². The zero-order valence-electron chi connectivity index (χ0n) is 20.7. The smallest absolute Gasteiger partial charge is 0.490 e. The van der Waals surface area contributed by atoms with Crippen molar-refractivity contribution in [3.63, 3.8) is 0 Å². The van der Waals surface area contributed by atoms with Gasteiger partial charge in [-0.15, -0.1) is 0 Å². The van der Waals surface area contributed by atoms with Crippen LogP contribution in [0.15, 0.2) is 85.2 Å². The Hall–Kier alpha value is -4.07. The van der Waals surface area contributed by atoms with Crippen LogP contribution in [-0.2, 0) is 17.8 Å². The number of aromatic nitrogens is 2. The Morgan fingerprint density at radius 2 is 1.62 bits per heavy atom. The van der Waals surface area contributed by atoms with Gasteiger partial charge in [0, 0.05) is 17.8 Å². The number of ether oxygens (including phenoxy) is 1. The van der Waals surface area contributed by atoms with E-state index in [1.165, 1.54) is 22.4 Å². The van der Waals surface area contributed by atoms with Crippen LogP contribution in [0.3, 0.4) is 0 Å². The zero-order valence-corrected chi connectivity index (χ0v) is 20.7. The third kappa shape index (κ3) is 7.46. The number of carboxylic acid groups (broad SMARTS) is 1. The largest absolute Gasteiger partial charge is 0.496 e. The van der Waals surface area contributed by atoms with Gasteiger partial charge in [0.05, 0.1) is 19.1 Å². The fraction of sp³-hybridized carbons (Fsp3) is 0.241. The van der Waals surface area contributed by atoms with Gasteiger partial charge in [0.1, 0.15) is 5.75 Å². The monoisotopic (exact) mass is 510 g/mol. The summed E-state index contributed by atoms with van der Waals surface area (Å²) in [4.78, 5) is 13.7. The molecule has 3 aromatic carbocycles. The van der Waals surface area contributed by atoms with Gasteiger partial charge in [0.25, 0.3) is 0 Å². The molecule has 8 heteroatoms. The number of rotatable bonds is 8. The molecule has 0 fully saturated rings. The summed E-state index contributed by atoms with van der Waals surface area (Å²) in [6.07, 6.45) is 0.183. The van der Waals surface area contributed by atoms with Crippen LogP contribution in [-0.4, -0.2) is 33.9 Å². The van der Waals surface area contributed by atoms with Gasteiger partial charge in [-0.05, 0) is 47.7 Å². The minimum atomic E-state index is -5.08. The molecule has 1 heterocycles. The summed E-state index contributed by atoms with van der Waals surface area (Å²) in [5, 5.41) is 7.12. The van der Waals surface area contributed by atoms with Gasteiger partial charge in [0.2, 0.25) is 0 Å². The second-order valence-electron chi connectivity index (χ2n) is 8.34. The van der Waals surface area contributed by atoms with Crippen LogP contribution in [0.1, 0.15) is 31.0 Å². The first kappa shape index (κ1) is 27.5. The van der Waals surface area contributed by atoms with E-state index in [1.807, 2.05) is 24.5 Å². The molecule has 0 aliphatic carbocycles. The Morgan fingerprint density at radius 3 is 2.27 bits per heavy atom. The number of benzene rings is 3. The van der Waals surface area contributed by atoms with E-state index in [2.05, 4.69) is 72.2 Å². The molecule has 0 saturated heterocycles. The predicted molar refractivity (Wildman–Crippen MR) is 137 cm³/mol. The molecule has 0 bridgehead atoms. The second-order valence-corrected chi connectivity index (χ2v) is 8.34. The van der Waals surface area contributed by atoms with Crippen molar-refractivity contribution in [2.75, 3.05) is 7.11 Å². The van der Waals surface area contributed by atoms with E-state index in [0.29, 0.717) is 0 Å². The molecule has 0 aliphatic rings. The maximum atomic E-state index is 10.6. The molecule has 1 aromatic heterocycles. The summed E-state index contributed by atoms with van der Waals surface area (Å²) in [5.41, 5.74) is 7.12. The molecule has 37 heavy (non-hydrogen) atoms. The van der Waals surface area contributed by atoms with Crippen molar-refractivity contribution in [3.8, 4) is 28.1 Å². The Balaban J connectivity index is 0.000000479. The van der Waals surface area contributed by atoms with Crippen molar-refractivity contribution in [3.05, 3.63) is 96.4 Å². The number of hydrogen-bond acceptors (Lipinski definition) is 3. The summed E-state index contributed by atoms with van der Waals surface area (Å²) >= 11 is 0. The number of methoxy groups -OCH3 is 1. The van der Waals surface area contributed by atoms with Gasteiger partial charge in [0.15, 0.2) is 0 Å². The van der Waals surface area contributed by atoms with Gasteiger partial charge < -0.3 is 14.4 Å². The molecule has 0 amide bonds. The number of para-hydroxylation sites is 1. The molecule has 1 N–H and O–H groups in total. The number of nitrogens with zero attached hydrogens (tertiary/aromatic N) is 2. The minimum Gasteiger partial charge on any atom is -0.496 e. The Kier molecular flexibility index (Phi) is 9.49. The van der Waals surface area contributed by atoms with Crippen LogP contribution in [0.4, 0.5) is 13.2 Å². The number of unbranched alkanes of at least 4 members (excludes halogenated alkanes) is 1. The van der Waals surface area contributed by atoms with Gasteiger partial charge in [-0.3, -0.25) is 0 Å². The molecule has 5 nitrogen and oxygen atoms in total. The molecule has 0 unspecified atom stereocenters. The first-order valence-electron chi connectivity index (χ1n) is 11.9. The zero-order chi connectivity index (χ0) is 26.8. The lowest BCUT2D eigenvalue weighted by molar-refractivity contribution is -0.192. The van der Waals surface area contributed by atoms with Crippen LogP contribution in [0.5, 0.6) is 5.75 Å². The normalized spacial score (nSPS) is 10.9. The SMILES string of the molecule is CCCCc1c(-c2ccccc2OC)ncn1Cc1cccc(-c2ccccc2)c1.O=C(O)C(F)(F)F. The minimum absolute atomic E-state index is 0.807. The van der Waals surface area contributed by atoms with E-state index in [-0.39, 0.29) is 0 Å². The number of aliphatic carboxylic acids is 1. The lowest BCUT2D eigenvalue weighted by atomic mass is 10.0. The highest BCUT2D eigenvalue weighted by atomic mass is 19.4. The highest BCUT2D eigenvalue weighted by Gasteiger charge is 2.38. The highest BCUT2D eigenvalue weighted by Crippen LogP contribution is 2.32. The number of halogens is 3. The van der Waals surface area contributed by atoms with Crippen molar-refractivity contribution < 1.29 is 27.8 Å². The van der Waals surface area contributed by atoms with Gasteiger partial charge in [-0.1, -0.05) is 74.0 Å². The lowest BCUT2D eigenvalue weighted by Gasteiger charge is -2.13. The third-order valence-corrected chi connectivity index (χ3v) is 5.71. The Labute approximate surface area is 214 Å². The molecule has 0 aliphatic heterocycles. The molecule has 0 radical (unpaired) electrons. The number of imidazole rings is 1. The van der Waals surface area contributed by atoms with Crippen molar-refractivity contribution in [2.45, 2.75) is 38.9 Å². The standard InChI is InChI=1S/C27H28N2O.C2HF3O2/c1-3-4-16-25-27(24-15-8-9-17-26(24)30-2)28-20-29(25)19-21-11-10-14-23(18-21)22-12-6-5-7-13-22;3-2(4,5)1(6)7/h5-15,17-18,20H,3-4,16,19H2,1-2H3;(H,6,7). The van der Waals surface area contributed by atoms with E-state index < -0.39 is 12.1 Å². The van der Waals surface area contributed by atoms with E-state index >= 15 is 0 Å². The van der Waals surface area contributed by atoms with E-state index in [0.717, 1.165) is 42.8 Å². The summed E-state index contributed by atoms with van der Waals surface area (Å²) in [6, 6.07) is 27.5. The van der Waals surface area contributed by atoms with Crippen molar-refractivity contribution in [1.29, 1.82) is 0 Å². The second kappa shape index (κ2) is 12.8. The van der Waals surface area contributed by atoms with Gasteiger partial charge in [-0.25, -0.2) is 9.78 Å². The number of hydrogen-bond donors (Lipinski definition) is 1. The van der Waals surface area contributed by atoms with Gasteiger partial charge >= 0.3 is 12.1 Å². The predicted octanol–water partition coefficient (Wildman–Crippen LogP) is 7.25. The first-order valence-corrected chi connectivity index (χ1v) is 11.9. The molecule has 0 spiro atoms. The topological polar surface area (TPSA) is 64.4 Å². The van der Waals surface area contributed by atoms with Crippen molar-refractivity contribution in [2.24, 2.45) is 0 Å². The maximum Gasteiger partial charge on any atom is 0.490 e. The van der Waals surface area contributed by atoms with E-state index in [4.69, 9.17) is 19.6 Å². The number of carbonyl (C=O) groups is 1. The Morgan fingerprint density at radius 1 is 0.973 bits per heavy atom. The van der Waals surface area contributed by atoms with Crippen LogP contribution in [0.25, 0.3) is 22.4 Å². The maximum absolute atomic E-state index is 10.6. The summed E-state index contributed by atoms with van der Waals surface area (Å²) in [6.45, 7) is 3.04. The lowest BCUT2D eigenvalue weighted by Crippen LogP contribution is -2.21. The van der Waals surface area contributed by atoms with Crippen molar-refractivity contribution in [1.82, 2.24) is 9.55 Å². The third-order valence-electron chi connectivity index (χ3n) is 5.71. The van der Waals surface area contributed by atoms with Crippen molar-refractivity contribution >= 4 is 5.97 Å². The number of carboxylic acids is 1. The van der Waals surface area contributed by atoms with Gasteiger partial charge in [-0.2, -0.15) is 13.2 Å². The average molecular weight is 511 g/mol. The molecule has 4 aromatic rings. The van der Waals surface area contributed by atoms with Crippen LogP contribution in [0.2, 0.25) is 0 Å².